The van der Waals surface area contributed by atoms with Crippen molar-refractivity contribution < 1.29 is 4.74 Å². The van der Waals surface area contributed by atoms with Gasteiger partial charge in [0.25, 0.3) is 0 Å². The van der Waals surface area contributed by atoms with E-state index in [4.69, 9.17) is 16.3 Å². The Morgan fingerprint density at radius 2 is 2.07 bits per heavy atom. The largest absolute Gasteiger partial charge is 0.494 e. The van der Waals surface area contributed by atoms with Crippen LogP contribution in [0, 0.1) is 0 Å². The van der Waals surface area contributed by atoms with Crippen LogP contribution in [0.15, 0.2) is 18.2 Å². The lowest BCUT2D eigenvalue weighted by molar-refractivity contribution is 0.317. The summed E-state index contributed by atoms with van der Waals surface area (Å²) in [6.07, 6.45) is 1.02. The van der Waals surface area contributed by atoms with Crippen molar-refractivity contribution in [2.24, 2.45) is 0 Å². The molecule has 0 unspecified atom stereocenters. The smallest absolute Gasteiger partial charge is 0.120 e. The molecule has 0 fully saturated rings. The number of rotatable bonds is 4. The van der Waals surface area contributed by atoms with Crippen molar-refractivity contribution in [3.63, 3.8) is 0 Å². The van der Waals surface area contributed by atoms with Gasteiger partial charge in [-0.25, -0.2) is 0 Å². The van der Waals surface area contributed by atoms with E-state index in [1.807, 2.05) is 18.2 Å². The third-order valence-electron chi connectivity index (χ3n) is 2.07. The lowest BCUT2D eigenvalue weighted by atomic mass is 10.0. The van der Waals surface area contributed by atoms with Crippen molar-refractivity contribution in [1.82, 2.24) is 0 Å². The summed E-state index contributed by atoms with van der Waals surface area (Å²) in [5.74, 6) is 1.32. The Kier molecular flexibility index (Phi) is 4.27. The molecule has 1 aromatic rings. The van der Waals surface area contributed by atoms with E-state index in [1.165, 1.54) is 5.56 Å². The fraction of sp³-hybridized carbons (Fsp3) is 0.500. The Labute approximate surface area is 91.0 Å². The SMILES string of the molecule is CCCOc1ccc(C(C)C)c(Cl)c1. The Bertz CT molecular complexity index is 294. The summed E-state index contributed by atoms with van der Waals surface area (Å²) in [6.45, 7) is 7.10. The first-order valence-electron chi connectivity index (χ1n) is 5.07. The van der Waals surface area contributed by atoms with Gasteiger partial charge in [0.2, 0.25) is 0 Å². The van der Waals surface area contributed by atoms with Crippen LogP contribution in [0.4, 0.5) is 0 Å². The van der Waals surface area contributed by atoms with Gasteiger partial charge >= 0.3 is 0 Å². The fourth-order valence-electron chi connectivity index (χ4n) is 1.29. The van der Waals surface area contributed by atoms with Gasteiger partial charge < -0.3 is 4.74 Å². The molecule has 0 radical (unpaired) electrons. The van der Waals surface area contributed by atoms with Crippen LogP contribution in [-0.2, 0) is 0 Å². The molecule has 78 valence electrons. The summed E-state index contributed by atoms with van der Waals surface area (Å²) in [4.78, 5) is 0. The maximum absolute atomic E-state index is 6.12. The highest BCUT2D eigenvalue weighted by Gasteiger charge is 2.05. The van der Waals surface area contributed by atoms with Crippen LogP contribution >= 0.6 is 11.6 Å². The summed E-state index contributed by atoms with van der Waals surface area (Å²) < 4.78 is 5.49. The third kappa shape index (κ3) is 2.91. The molecule has 0 aliphatic heterocycles. The second-order valence-electron chi connectivity index (χ2n) is 3.69. The summed E-state index contributed by atoms with van der Waals surface area (Å²) in [7, 11) is 0. The highest BCUT2D eigenvalue weighted by atomic mass is 35.5. The van der Waals surface area contributed by atoms with E-state index < -0.39 is 0 Å². The first-order chi connectivity index (χ1) is 6.65. The summed E-state index contributed by atoms with van der Waals surface area (Å²) in [5.41, 5.74) is 1.18. The molecule has 2 heteroatoms. The van der Waals surface area contributed by atoms with Crippen LogP contribution in [0.1, 0.15) is 38.7 Å². The van der Waals surface area contributed by atoms with Crippen LogP contribution in [0.2, 0.25) is 5.02 Å². The maximum atomic E-state index is 6.12. The minimum Gasteiger partial charge on any atom is -0.494 e. The quantitative estimate of drug-likeness (QED) is 0.725. The number of ether oxygens (including phenoxy) is 1. The predicted molar refractivity (Wildman–Crippen MR) is 61.3 cm³/mol. The zero-order valence-corrected chi connectivity index (χ0v) is 9.77. The van der Waals surface area contributed by atoms with Crippen molar-refractivity contribution >= 4 is 11.6 Å². The van der Waals surface area contributed by atoms with Crippen molar-refractivity contribution in [3.8, 4) is 5.75 Å². The molecule has 0 spiro atoms. The zero-order chi connectivity index (χ0) is 10.6. The standard InChI is InChI=1S/C12H17ClO/c1-4-7-14-10-5-6-11(9(2)3)12(13)8-10/h5-6,8-9H,4,7H2,1-3H3. The second kappa shape index (κ2) is 5.26. The van der Waals surface area contributed by atoms with Gasteiger partial charge in [-0.05, 0) is 30.0 Å². The van der Waals surface area contributed by atoms with E-state index in [9.17, 15) is 0 Å². The molecule has 0 aliphatic carbocycles. The molecule has 1 aromatic carbocycles. The van der Waals surface area contributed by atoms with Crippen molar-refractivity contribution in [3.05, 3.63) is 28.8 Å². The molecule has 0 aliphatic rings. The zero-order valence-electron chi connectivity index (χ0n) is 9.01. The summed E-state index contributed by atoms with van der Waals surface area (Å²) in [6, 6.07) is 5.92. The lowest BCUT2D eigenvalue weighted by Gasteiger charge is -2.10. The van der Waals surface area contributed by atoms with Gasteiger partial charge in [-0.2, -0.15) is 0 Å². The average molecular weight is 213 g/mol. The monoisotopic (exact) mass is 212 g/mol. The van der Waals surface area contributed by atoms with Crippen LogP contribution in [0.3, 0.4) is 0 Å². The third-order valence-corrected chi connectivity index (χ3v) is 2.39. The first-order valence-corrected chi connectivity index (χ1v) is 5.45. The lowest BCUT2D eigenvalue weighted by Crippen LogP contribution is -1.96. The van der Waals surface area contributed by atoms with Crippen LogP contribution in [0.25, 0.3) is 0 Å². The molecule has 1 nitrogen and oxygen atoms in total. The van der Waals surface area contributed by atoms with E-state index in [2.05, 4.69) is 20.8 Å². The van der Waals surface area contributed by atoms with Crippen molar-refractivity contribution in [2.75, 3.05) is 6.61 Å². The Morgan fingerprint density at radius 1 is 1.36 bits per heavy atom. The van der Waals surface area contributed by atoms with Crippen molar-refractivity contribution in [1.29, 1.82) is 0 Å². The van der Waals surface area contributed by atoms with E-state index >= 15 is 0 Å². The number of hydrogen-bond acceptors (Lipinski definition) is 1. The molecule has 0 saturated carbocycles. The second-order valence-corrected chi connectivity index (χ2v) is 4.09. The molecule has 1 rings (SSSR count). The van der Waals surface area contributed by atoms with Gasteiger partial charge in [0.15, 0.2) is 0 Å². The van der Waals surface area contributed by atoms with Crippen LogP contribution < -0.4 is 4.74 Å². The first kappa shape index (κ1) is 11.4. The molecule has 0 bridgehead atoms. The molecule has 14 heavy (non-hydrogen) atoms. The normalized spacial score (nSPS) is 10.6. The molecule has 0 saturated heterocycles. The van der Waals surface area contributed by atoms with Gasteiger partial charge in [-0.1, -0.05) is 38.4 Å². The average Bonchev–Trinajstić information content (AvgIpc) is 2.14. The highest BCUT2D eigenvalue weighted by Crippen LogP contribution is 2.28. The molecule has 0 amide bonds. The summed E-state index contributed by atoms with van der Waals surface area (Å²) in [5, 5.41) is 0.800. The topological polar surface area (TPSA) is 9.23 Å². The molecule has 0 atom stereocenters. The van der Waals surface area contributed by atoms with Gasteiger partial charge in [-0.3, -0.25) is 0 Å². The van der Waals surface area contributed by atoms with E-state index in [1.54, 1.807) is 0 Å². The molecule has 0 aromatic heterocycles. The fourth-order valence-corrected chi connectivity index (χ4v) is 1.67. The molecular formula is C12H17ClO. The van der Waals surface area contributed by atoms with Crippen LogP contribution in [0.5, 0.6) is 5.75 Å². The van der Waals surface area contributed by atoms with Gasteiger partial charge in [-0.15, -0.1) is 0 Å². The molecule has 0 heterocycles. The number of hydrogen-bond donors (Lipinski definition) is 0. The Hall–Kier alpha value is -0.690. The number of halogens is 1. The van der Waals surface area contributed by atoms with E-state index in [-0.39, 0.29) is 0 Å². The Balaban J connectivity index is 2.78. The van der Waals surface area contributed by atoms with E-state index in [0.717, 1.165) is 23.8 Å². The molecular weight excluding hydrogens is 196 g/mol. The Morgan fingerprint density at radius 3 is 2.57 bits per heavy atom. The number of benzene rings is 1. The predicted octanol–water partition coefficient (Wildman–Crippen LogP) is 4.25. The minimum atomic E-state index is 0.461. The van der Waals surface area contributed by atoms with Crippen molar-refractivity contribution in [2.45, 2.75) is 33.1 Å². The van der Waals surface area contributed by atoms with Gasteiger partial charge in [0.05, 0.1) is 6.61 Å². The molecule has 0 N–H and O–H groups in total. The maximum Gasteiger partial charge on any atom is 0.120 e. The van der Waals surface area contributed by atoms with E-state index in [0.29, 0.717) is 5.92 Å². The van der Waals surface area contributed by atoms with Gasteiger partial charge in [0.1, 0.15) is 5.75 Å². The van der Waals surface area contributed by atoms with Crippen LogP contribution in [-0.4, -0.2) is 6.61 Å². The summed E-state index contributed by atoms with van der Waals surface area (Å²) >= 11 is 6.12. The van der Waals surface area contributed by atoms with Gasteiger partial charge in [0, 0.05) is 5.02 Å². The minimum absolute atomic E-state index is 0.461. The highest BCUT2D eigenvalue weighted by molar-refractivity contribution is 6.31.